The molecule has 1 saturated carbocycles. The Morgan fingerprint density at radius 1 is 1.09 bits per heavy atom. The quantitative estimate of drug-likeness (QED) is 0.343. The fraction of sp³-hybridized carbons (Fsp3) is 0.606. The topological polar surface area (TPSA) is 124 Å². The van der Waals surface area contributed by atoms with Crippen LogP contribution in [0.4, 0.5) is 4.79 Å². The average molecular weight is 631 g/mol. The molecule has 10 nitrogen and oxygen atoms in total. The van der Waals surface area contributed by atoms with E-state index in [0.717, 1.165) is 11.1 Å². The summed E-state index contributed by atoms with van der Waals surface area (Å²) in [6.45, 7) is 6.81. The van der Waals surface area contributed by atoms with E-state index in [2.05, 4.69) is 5.32 Å². The average Bonchev–Trinajstić information content (AvgIpc) is 3.54. The molecule has 2 saturated heterocycles. The number of benzene rings is 2. The monoisotopic (exact) mass is 630 g/mol. The van der Waals surface area contributed by atoms with Gasteiger partial charge in [0.05, 0.1) is 36.4 Å². The first-order valence-corrected chi connectivity index (χ1v) is 17.0. The van der Waals surface area contributed by atoms with Crippen LogP contribution < -0.4 is 5.32 Å². The summed E-state index contributed by atoms with van der Waals surface area (Å²) in [5.41, 5.74) is 1.85. The van der Waals surface area contributed by atoms with Crippen molar-refractivity contribution in [1.82, 2.24) is 9.62 Å². The van der Waals surface area contributed by atoms with Crippen molar-refractivity contribution in [3.8, 4) is 0 Å². The summed E-state index contributed by atoms with van der Waals surface area (Å²) in [6, 6.07) is 15.4. The fourth-order valence-corrected chi connectivity index (χ4v) is 8.55. The van der Waals surface area contributed by atoms with Gasteiger partial charge in [0, 0.05) is 32.0 Å². The summed E-state index contributed by atoms with van der Waals surface area (Å²) >= 11 is 0. The Morgan fingerprint density at radius 2 is 1.82 bits per heavy atom. The number of aryl methyl sites for hydroxylation is 1. The first kappa shape index (κ1) is 32.8. The van der Waals surface area contributed by atoms with Crippen molar-refractivity contribution in [2.24, 2.45) is 23.7 Å². The maximum Gasteiger partial charge on any atom is 0.407 e. The molecular weight excluding hydrogens is 584 g/mol. The number of aliphatic hydroxyl groups excluding tert-OH is 1. The van der Waals surface area contributed by atoms with Crippen molar-refractivity contribution >= 4 is 16.1 Å². The van der Waals surface area contributed by atoms with Crippen LogP contribution >= 0.6 is 0 Å². The number of nitrogens with one attached hydrogen (secondary N) is 1. The lowest BCUT2D eigenvalue weighted by atomic mass is 9.84. The minimum atomic E-state index is -3.89. The second-order valence-electron chi connectivity index (χ2n) is 12.9. The van der Waals surface area contributed by atoms with Gasteiger partial charge in [-0.05, 0) is 55.7 Å². The van der Waals surface area contributed by atoms with Crippen LogP contribution in [0.25, 0.3) is 0 Å². The molecule has 1 amide bonds. The Labute approximate surface area is 261 Å². The molecule has 1 aliphatic carbocycles. The highest BCUT2D eigenvalue weighted by molar-refractivity contribution is 7.89. The van der Waals surface area contributed by atoms with Gasteiger partial charge in [-0.25, -0.2) is 13.2 Å². The molecule has 0 spiro atoms. The summed E-state index contributed by atoms with van der Waals surface area (Å²) in [7, 11) is -2.26. The predicted molar refractivity (Wildman–Crippen MR) is 164 cm³/mol. The largest absolute Gasteiger partial charge is 0.446 e. The minimum Gasteiger partial charge on any atom is -0.446 e. The molecule has 0 bridgehead atoms. The van der Waals surface area contributed by atoms with Crippen molar-refractivity contribution in [1.29, 1.82) is 0 Å². The van der Waals surface area contributed by atoms with Gasteiger partial charge in [0.1, 0.15) is 6.10 Å². The van der Waals surface area contributed by atoms with Crippen molar-refractivity contribution in [2.75, 3.05) is 33.4 Å². The molecule has 11 heteroatoms. The van der Waals surface area contributed by atoms with Crippen LogP contribution in [0.2, 0.25) is 0 Å². The number of nitrogens with zero attached hydrogens (tertiary/aromatic N) is 1. The molecule has 242 valence electrons. The normalized spacial score (nSPS) is 27.7. The first-order valence-electron chi connectivity index (χ1n) is 15.6. The number of amides is 1. The SMILES string of the molecule is COC[C@@H]1CC2[C@H]3[C@H](CO[C@H]3O1)C[C@@H]2OC(=O)N[C@@H](Cc1ccccc1)[C@H](O)CN(CC(C)C)S(=O)(=O)c1ccc(C)cc1. The van der Waals surface area contributed by atoms with Crippen LogP contribution in [0.5, 0.6) is 0 Å². The number of alkyl carbamates (subject to hydrolysis) is 1. The zero-order valence-electron chi connectivity index (χ0n) is 26.0. The maximum atomic E-state index is 13.7. The number of rotatable bonds is 13. The molecule has 3 fully saturated rings. The minimum absolute atomic E-state index is 0.0175. The van der Waals surface area contributed by atoms with Crippen LogP contribution in [-0.2, 0) is 35.4 Å². The summed E-state index contributed by atoms with van der Waals surface area (Å²) in [5, 5.41) is 14.5. The lowest BCUT2D eigenvalue weighted by Crippen LogP contribution is -2.52. The van der Waals surface area contributed by atoms with E-state index in [1.807, 2.05) is 51.1 Å². The molecule has 2 aromatic carbocycles. The summed E-state index contributed by atoms with van der Waals surface area (Å²) in [4.78, 5) is 13.6. The lowest BCUT2D eigenvalue weighted by molar-refractivity contribution is -0.215. The van der Waals surface area contributed by atoms with Crippen LogP contribution in [0.15, 0.2) is 59.5 Å². The first-order chi connectivity index (χ1) is 21.0. The molecule has 3 aliphatic rings. The van der Waals surface area contributed by atoms with Crippen molar-refractivity contribution in [2.45, 2.75) is 75.6 Å². The number of carbonyl (C=O) groups excluding carboxylic acids is 1. The number of hydrogen-bond donors (Lipinski definition) is 2. The third kappa shape index (κ3) is 7.63. The van der Waals surface area contributed by atoms with Crippen LogP contribution in [0, 0.1) is 30.6 Å². The van der Waals surface area contributed by atoms with Gasteiger partial charge in [0.25, 0.3) is 0 Å². The third-order valence-corrected chi connectivity index (χ3v) is 10.8. The molecular formula is C33H46N2O8S. The van der Waals surface area contributed by atoms with Gasteiger partial charge >= 0.3 is 6.09 Å². The van der Waals surface area contributed by atoms with Crippen molar-refractivity contribution < 1.29 is 37.3 Å². The number of aliphatic hydroxyl groups is 1. The highest BCUT2D eigenvalue weighted by Crippen LogP contribution is 2.51. The smallest absolute Gasteiger partial charge is 0.407 e. The van der Waals surface area contributed by atoms with E-state index in [0.29, 0.717) is 32.5 Å². The second kappa shape index (κ2) is 14.3. The van der Waals surface area contributed by atoms with Gasteiger partial charge in [-0.1, -0.05) is 61.9 Å². The summed E-state index contributed by atoms with van der Waals surface area (Å²) in [5.74, 6) is 0.534. The van der Waals surface area contributed by atoms with Gasteiger partial charge in [-0.15, -0.1) is 0 Å². The summed E-state index contributed by atoms with van der Waals surface area (Å²) < 4.78 is 52.1. The van der Waals surface area contributed by atoms with E-state index in [1.165, 1.54) is 4.31 Å². The fourth-order valence-electron chi connectivity index (χ4n) is 6.92. The number of methoxy groups -OCH3 is 1. The van der Waals surface area contributed by atoms with Crippen molar-refractivity contribution in [3.05, 3.63) is 65.7 Å². The van der Waals surface area contributed by atoms with E-state index in [9.17, 15) is 18.3 Å². The summed E-state index contributed by atoms with van der Waals surface area (Å²) in [6.07, 6.45) is -0.882. The molecule has 2 heterocycles. The molecule has 44 heavy (non-hydrogen) atoms. The number of hydrogen-bond acceptors (Lipinski definition) is 8. The Hall–Kier alpha value is -2.54. The molecule has 2 N–H and O–H groups in total. The maximum absolute atomic E-state index is 13.7. The van der Waals surface area contributed by atoms with Crippen LogP contribution in [-0.4, -0.2) is 88.0 Å². The molecule has 5 rings (SSSR count). The Morgan fingerprint density at radius 3 is 2.50 bits per heavy atom. The zero-order chi connectivity index (χ0) is 31.4. The molecule has 0 aromatic heterocycles. The van der Waals surface area contributed by atoms with Gasteiger partial charge in [-0.3, -0.25) is 0 Å². The Kier molecular flexibility index (Phi) is 10.6. The van der Waals surface area contributed by atoms with E-state index >= 15 is 0 Å². The third-order valence-electron chi connectivity index (χ3n) is 9.00. The number of sulfonamides is 1. The molecule has 8 atom stereocenters. The Bertz CT molecular complexity index is 1340. The van der Waals surface area contributed by atoms with Crippen LogP contribution in [0.1, 0.15) is 37.8 Å². The highest BCUT2D eigenvalue weighted by atomic mass is 32.2. The van der Waals surface area contributed by atoms with E-state index < -0.39 is 28.3 Å². The van der Waals surface area contributed by atoms with E-state index in [4.69, 9.17) is 18.9 Å². The molecule has 2 aliphatic heterocycles. The van der Waals surface area contributed by atoms with Crippen LogP contribution in [0.3, 0.4) is 0 Å². The zero-order valence-corrected chi connectivity index (χ0v) is 26.8. The molecule has 0 radical (unpaired) electrons. The van der Waals surface area contributed by atoms with E-state index in [-0.39, 0.29) is 60.2 Å². The standard InChI is InChI=1S/C33H46N2O8S/c1-21(2)17-35(44(38,39)26-12-10-22(3)11-13-26)18-29(36)28(14-23-8-6-5-7-9-23)34-33(37)43-30-15-24-19-41-32-31(24)27(30)16-25(42-32)20-40-4/h5-13,21,24-25,27-32,36H,14-20H2,1-4H3,(H,34,37)/t24-,25-,27?,28-,29+,30-,31+,32-/m0/s1. The van der Waals surface area contributed by atoms with Crippen molar-refractivity contribution in [3.63, 3.8) is 0 Å². The predicted octanol–water partition coefficient (Wildman–Crippen LogP) is 3.75. The number of ether oxygens (including phenoxy) is 4. The Balaban J connectivity index is 1.31. The lowest BCUT2D eigenvalue weighted by Gasteiger charge is -2.37. The van der Waals surface area contributed by atoms with Gasteiger partial charge in [0.15, 0.2) is 6.29 Å². The molecule has 2 aromatic rings. The highest BCUT2D eigenvalue weighted by Gasteiger charge is 2.56. The van der Waals surface area contributed by atoms with Gasteiger partial charge in [-0.2, -0.15) is 4.31 Å². The van der Waals surface area contributed by atoms with Gasteiger partial charge in [0.2, 0.25) is 10.0 Å². The van der Waals surface area contributed by atoms with Gasteiger partial charge < -0.3 is 29.4 Å². The number of carbonyl (C=O) groups is 1. The second-order valence-corrected chi connectivity index (χ2v) is 14.8. The molecule has 1 unspecified atom stereocenters. The van der Waals surface area contributed by atoms with E-state index in [1.54, 1.807) is 31.4 Å².